The van der Waals surface area contributed by atoms with Crippen LogP contribution >= 0.6 is 0 Å². The van der Waals surface area contributed by atoms with Crippen LogP contribution in [0.3, 0.4) is 0 Å². The molecule has 0 bridgehead atoms. The predicted molar refractivity (Wildman–Crippen MR) is 393 cm³/mol. The normalized spacial score (nSPS) is 10.5. The van der Waals surface area contributed by atoms with Gasteiger partial charge in [-0.1, -0.05) is 77.7 Å². The standard InChI is InChI=1S/C43H53NO9.C39H45NO9/c1-4-40(45)51-30-16-12-8-6-10-14-28-49-36-22-18-34(19-23-36)42(47)44-39-27-26-38(32-33(39)3)53-43(48)35-20-24-37(25-21-35)50-29-15-11-7-9-13-17-31-52-41(46)5-2;1-4-36(41)47-26-12-8-6-10-24-45-32-18-14-30(15-19-32)38(43)40-35-23-22-34(28-29(35)3)49-39(44)31-16-20-33(21-17-31)46-25-11-7-9-13-27-48-37(42)5-2/h4-5,18-27,32H,1-2,6-17,28-31H2,3H3,(H,44,47);4-5,14-23,28H,1-2,6-13,24-27H2,3H3,(H,40,43). The second-order valence-corrected chi connectivity index (χ2v) is 23.7. The molecular weight excluding hydrogens is 1300 g/mol. The molecule has 0 atom stereocenters. The molecule has 0 aliphatic heterocycles. The molecule has 2 amide bonds. The molecular formula is C82H98N2O18. The van der Waals surface area contributed by atoms with Crippen LogP contribution in [0.1, 0.15) is 181 Å². The number of carbonyl (C=O) groups excluding carboxylic acids is 8. The second kappa shape index (κ2) is 48.9. The van der Waals surface area contributed by atoms with Crippen molar-refractivity contribution in [3.05, 3.63) is 217 Å². The average Bonchev–Trinajstić information content (AvgIpc) is 0.851. The minimum atomic E-state index is -0.506. The summed E-state index contributed by atoms with van der Waals surface area (Å²) in [5, 5.41) is 5.82. The van der Waals surface area contributed by atoms with Crippen LogP contribution in [-0.4, -0.2) is 100 Å². The average molecular weight is 1400 g/mol. The fourth-order valence-corrected chi connectivity index (χ4v) is 9.80. The molecule has 0 spiro atoms. The van der Waals surface area contributed by atoms with E-state index >= 15 is 0 Å². The van der Waals surface area contributed by atoms with Gasteiger partial charge in [-0.15, -0.1) is 0 Å². The van der Waals surface area contributed by atoms with Crippen molar-refractivity contribution in [2.45, 2.75) is 142 Å². The lowest BCUT2D eigenvalue weighted by Crippen LogP contribution is -2.13. The highest BCUT2D eigenvalue weighted by molar-refractivity contribution is 6.05. The number of carbonyl (C=O) groups is 8. The number of anilines is 2. The summed E-state index contributed by atoms with van der Waals surface area (Å²) in [5.74, 6) is 0.368. The van der Waals surface area contributed by atoms with E-state index in [1.54, 1.807) is 133 Å². The van der Waals surface area contributed by atoms with Gasteiger partial charge in [-0.2, -0.15) is 0 Å². The quantitative estimate of drug-likeness (QED) is 0.0118. The Hall–Kier alpha value is -10.8. The van der Waals surface area contributed by atoms with Crippen molar-refractivity contribution in [1.29, 1.82) is 0 Å². The van der Waals surface area contributed by atoms with E-state index in [2.05, 4.69) is 36.9 Å². The van der Waals surface area contributed by atoms with Gasteiger partial charge in [0.05, 0.1) is 64.0 Å². The number of amides is 2. The van der Waals surface area contributed by atoms with E-state index in [9.17, 15) is 38.4 Å². The molecule has 0 heterocycles. The third kappa shape index (κ3) is 33.9. The van der Waals surface area contributed by atoms with Crippen LogP contribution in [0.5, 0.6) is 34.5 Å². The van der Waals surface area contributed by atoms with Crippen molar-refractivity contribution in [3.63, 3.8) is 0 Å². The van der Waals surface area contributed by atoms with E-state index in [-0.39, 0.29) is 23.8 Å². The van der Waals surface area contributed by atoms with Crippen LogP contribution < -0.4 is 39.1 Å². The number of unbranched alkanes of at least 4 members (excludes halogenated alkanes) is 16. The fraction of sp³-hybridized carbons (Fsp3) is 0.366. The minimum Gasteiger partial charge on any atom is -0.494 e. The van der Waals surface area contributed by atoms with Crippen molar-refractivity contribution in [2.75, 3.05) is 63.5 Å². The third-order valence-electron chi connectivity index (χ3n) is 15.6. The van der Waals surface area contributed by atoms with Crippen LogP contribution in [0.4, 0.5) is 11.4 Å². The maximum absolute atomic E-state index is 12.9. The Morgan fingerprint density at radius 3 is 0.735 bits per heavy atom. The summed E-state index contributed by atoms with van der Waals surface area (Å²) in [4.78, 5) is 95.4. The Labute approximate surface area is 599 Å². The van der Waals surface area contributed by atoms with Gasteiger partial charge in [-0.3, -0.25) is 9.59 Å². The summed E-state index contributed by atoms with van der Waals surface area (Å²) in [5.41, 5.74) is 4.45. The third-order valence-corrected chi connectivity index (χ3v) is 15.6. The van der Waals surface area contributed by atoms with E-state index in [4.69, 9.17) is 47.4 Å². The zero-order valence-electron chi connectivity index (χ0n) is 59.0. The molecule has 0 unspecified atom stereocenters. The van der Waals surface area contributed by atoms with Gasteiger partial charge in [-0.05, 0) is 235 Å². The predicted octanol–water partition coefficient (Wildman–Crippen LogP) is 17.2. The van der Waals surface area contributed by atoms with E-state index in [0.717, 1.165) is 152 Å². The first-order valence-corrected chi connectivity index (χ1v) is 34.9. The van der Waals surface area contributed by atoms with Crippen molar-refractivity contribution in [2.24, 2.45) is 0 Å². The smallest absolute Gasteiger partial charge is 0.343 e. The van der Waals surface area contributed by atoms with E-state index in [1.807, 2.05) is 13.8 Å². The number of esters is 6. The van der Waals surface area contributed by atoms with Gasteiger partial charge in [0.2, 0.25) is 0 Å². The Morgan fingerprint density at radius 2 is 0.500 bits per heavy atom. The fourth-order valence-electron chi connectivity index (χ4n) is 9.80. The lowest BCUT2D eigenvalue weighted by molar-refractivity contribution is -0.138. The maximum Gasteiger partial charge on any atom is 0.343 e. The molecule has 20 nitrogen and oxygen atoms in total. The minimum absolute atomic E-state index is 0.258. The van der Waals surface area contributed by atoms with E-state index < -0.39 is 23.9 Å². The molecule has 6 aromatic carbocycles. The number of aryl methyl sites for hydroxylation is 2. The van der Waals surface area contributed by atoms with Crippen LogP contribution in [0.25, 0.3) is 0 Å². The molecule has 102 heavy (non-hydrogen) atoms. The van der Waals surface area contributed by atoms with Crippen LogP contribution in [-0.2, 0) is 38.1 Å². The molecule has 0 aromatic heterocycles. The van der Waals surface area contributed by atoms with Crippen LogP contribution in [0.15, 0.2) is 184 Å². The first kappa shape index (κ1) is 81.9. The first-order valence-electron chi connectivity index (χ1n) is 34.9. The highest BCUT2D eigenvalue weighted by atomic mass is 16.6. The van der Waals surface area contributed by atoms with Gasteiger partial charge in [-0.25, -0.2) is 28.8 Å². The first-order chi connectivity index (χ1) is 49.6. The van der Waals surface area contributed by atoms with E-state index in [0.29, 0.717) is 121 Å². The lowest BCUT2D eigenvalue weighted by atomic mass is 10.1. The van der Waals surface area contributed by atoms with Gasteiger partial charge < -0.3 is 58.0 Å². The summed E-state index contributed by atoms with van der Waals surface area (Å²) < 4.78 is 54.2. The maximum atomic E-state index is 12.9. The van der Waals surface area contributed by atoms with Crippen molar-refractivity contribution in [1.82, 2.24) is 0 Å². The summed E-state index contributed by atoms with van der Waals surface area (Å²) in [6.45, 7) is 21.1. The van der Waals surface area contributed by atoms with Gasteiger partial charge in [0, 0.05) is 46.8 Å². The number of ether oxygens (including phenoxy) is 10. The van der Waals surface area contributed by atoms with Gasteiger partial charge in [0.15, 0.2) is 0 Å². The summed E-state index contributed by atoms with van der Waals surface area (Å²) in [7, 11) is 0. The summed E-state index contributed by atoms with van der Waals surface area (Å²) in [6, 6.07) is 37.6. The van der Waals surface area contributed by atoms with Gasteiger partial charge in [0.1, 0.15) is 34.5 Å². The van der Waals surface area contributed by atoms with Crippen LogP contribution in [0, 0.1) is 13.8 Å². The lowest BCUT2D eigenvalue weighted by Gasteiger charge is -2.12. The number of hydrogen-bond donors (Lipinski definition) is 2. The number of nitrogens with one attached hydrogen (secondary N) is 2. The molecule has 0 aliphatic carbocycles. The van der Waals surface area contributed by atoms with Gasteiger partial charge >= 0.3 is 35.8 Å². The molecule has 544 valence electrons. The molecule has 20 heteroatoms. The molecule has 0 saturated carbocycles. The molecule has 0 fully saturated rings. The summed E-state index contributed by atoms with van der Waals surface area (Å²) >= 11 is 0. The molecule has 6 aromatic rings. The topological polar surface area (TPSA) is 253 Å². The van der Waals surface area contributed by atoms with Crippen LogP contribution in [0.2, 0.25) is 0 Å². The molecule has 6 rings (SSSR count). The largest absolute Gasteiger partial charge is 0.494 e. The Kier molecular flexibility index (Phi) is 39.3. The SMILES string of the molecule is C=CC(=O)OCCCCCCCCOc1ccc(C(=O)Nc2ccc(OC(=O)c3ccc(OCCCCCCCCOC(=O)C=C)cc3)cc2C)cc1.C=CC(=O)OCCCCCCOc1ccc(C(=O)Nc2ccc(OC(=O)c3ccc(OCCCCCCOC(=O)C=C)cc3)cc2C)cc1. The highest BCUT2D eigenvalue weighted by Gasteiger charge is 2.16. The zero-order chi connectivity index (χ0) is 73.4. The number of hydrogen-bond acceptors (Lipinski definition) is 18. The Morgan fingerprint density at radius 1 is 0.284 bits per heavy atom. The van der Waals surface area contributed by atoms with Crippen molar-refractivity contribution in [3.8, 4) is 34.5 Å². The van der Waals surface area contributed by atoms with E-state index in [1.165, 1.54) is 12.2 Å². The summed E-state index contributed by atoms with van der Waals surface area (Å²) in [6.07, 6.45) is 23.8. The van der Waals surface area contributed by atoms with Crippen molar-refractivity contribution < 1.29 is 85.7 Å². The second-order valence-electron chi connectivity index (χ2n) is 23.7. The molecule has 0 radical (unpaired) electrons. The Bertz CT molecular complexity index is 3600. The number of benzene rings is 6. The highest BCUT2D eigenvalue weighted by Crippen LogP contribution is 2.27. The molecule has 2 N–H and O–H groups in total. The van der Waals surface area contributed by atoms with Crippen molar-refractivity contribution >= 4 is 59.0 Å². The Balaban J connectivity index is 0.000000368. The zero-order valence-corrected chi connectivity index (χ0v) is 59.0. The number of rotatable bonds is 48. The molecule has 0 aliphatic rings. The molecule has 0 saturated heterocycles. The van der Waals surface area contributed by atoms with Gasteiger partial charge in [0.25, 0.3) is 11.8 Å². The monoisotopic (exact) mass is 1400 g/mol.